The average Bonchev–Trinajstić information content (AvgIpc) is 3.36. The van der Waals surface area contributed by atoms with Crippen LogP contribution in [0, 0.1) is 15.9 Å². The quantitative estimate of drug-likeness (QED) is 0.147. The smallest absolute Gasteiger partial charge is 0.270 e. The molecule has 3 aromatic carbocycles. The molecule has 11 heteroatoms. The number of hydrogen-bond donors (Lipinski definition) is 1. The Hall–Kier alpha value is -4.35. The summed E-state index contributed by atoms with van der Waals surface area (Å²) in [7, 11) is 0. The van der Waals surface area contributed by atoms with Crippen molar-refractivity contribution in [2.75, 3.05) is 10.2 Å². The molecular weight excluding hydrogens is 515 g/mol. The Kier molecular flexibility index (Phi) is 6.55. The van der Waals surface area contributed by atoms with Crippen molar-refractivity contribution in [1.82, 2.24) is 4.57 Å². The van der Waals surface area contributed by atoms with Crippen LogP contribution in [-0.4, -0.2) is 25.6 Å². The van der Waals surface area contributed by atoms with E-state index in [1.54, 1.807) is 16.8 Å². The Morgan fingerprint density at radius 3 is 2.49 bits per heavy atom. The van der Waals surface area contributed by atoms with Crippen LogP contribution in [0.15, 0.2) is 83.9 Å². The third-order valence-corrected chi connectivity index (χ3v) is 6.96. The first-order valence-corrected chi connectivity index (χ1v) is 12.2. The van der Waals surface area contributed by atoms with Crippen LogP contribution >= 0.6 is 24.0 Å². The molecule has 0 unspecified atom stereocenters. The van der Waals surface area contributed by atoms with Crippen molar-refractivity contribution in [2.45, 2.75) is 6.54 Å². The number of anilines is 2. The number of hydrogen-bond acceptors (Lipinski definition) is 6. The Balaban J connectivity index is 1.41. The molecular formula is C26H17FN4O4S2. The van der Waals surface area contributed by atoms with Gasteiger partial charge in [0.05, 0.1) is 15.5 Å². The summed E-state index contributed by atoms with van der Waals surface area (Å²) < 4.78 is 15.2. The van der Waals surface area contributed by atoms with E-state index < -0.39 is 10.7 Å². The number of thiocarbonyl (C=S) groups is 1. The van der Waals surface area contributed by atoms with E-state index in [9.17, 15) is 24.1 Å². The van der Waals surface area contributed by atoms with E-state index in [0.717, 1.165) is 28.2 Å². The molecule has 37 heavy (non-hydrogen) atoms. The summed E-state index contributed by atoms with van der Waals surface area (Å²) in [5.74, 6) is -1.02. The number of nitrogens with zero attached hydrogens (tertiary/aromatic N) is 3. The second-order valence-corrected chi connectivity index (χ2v) is 9.75. The number of halogens is 1. The molecule has 184 valence electrons. The molecule has 1 aliphatic rings. The fourth-order valence-corrected chi connectivity index (χ4v) is 5.25. The van der Waals surface area contributed by atoms with E-state index in [1.807, 2.05) is 24.3 Å². The highest BCUT2D eigenvalue weighted by molar-refractivity contribution is 8.27. The SMILES string of the molecule is O=C(Cn1cc(/C=C2/SC(=S)N(c3ccc([N+](=O)[O-])cc3)C2=O)c2ccccc21)Nc1ccc(F)cc1. The molecule has 0 aliphatic carbocycles. The Morgan fingerprint density at radius 1 is 1.08 bits per heavy atom. The highest BCUT2D eigenvalue weighted by Gasteiger charge is 2.33. The van der Waals surface area contributed by atoms with E-state index >= 15 is 0 Å². The molecule has 0 saturated carbocycles. The number of para-hydroxylation sites is 1. The fraction of sp³-hybridized carbons (Fsp3) is 0.0385. The van der Waals surface area contributed by atoms with Gasteiger partial charge in [-0.3, -0.25) is 24.6 Å². The van der Waals surface area contributed by atoms with E-state index in [2.05, 4.69) is 5.32 Å². The van der Waals surface area contributed by atoms with Gasteiger partial charge in [-0.05, 0) is 48.5 Å². The topological polar surface area (TPSA) is 97.5 Å². The molecule has 1 fully saturated rings. The maximum atomic E-state index is 13.2. The highest BCUT2D eigenvalue weighted by atomic mass is 32.2. The average molecular weight is 533 g/mol. The number of nitro benzene ring substituents is 1. The van der Waals surface area contributed by atoms with Crippen molar-refractivity contribution in [3.63, 3.8) is 0 Å². The summed E-state index contributed by atoms with van der Waals surface area (Å²) in [4.78, 5) is 38.0. The zero-order valence-corrected chi connectivity index (χ0v) is 20.6. The fourth-order valence-electron chi connectivity index (χ4n) is 3.96. The number of carbonyl (C=O) groups excluding carboxylic acids is 2. The first-order chi connectivity index (χ1) is 17.8. The molecule has 1 N–H and O–H groups in total. The minimum absolute atomic E-state index is 0.00941. The van der Waals surface area contributed by atoms with Gasteiger partial charge >= 0.3 is 0 Å². The standard InChI is InChI=1S/C26H17FN4O4S2/c27-17-5-7-18(8-6-17)28-24(32)15-29-14-16(21-3-1-2-4-22(21)29)13-23-25(33)30(26(36)37-23)19-9-11-20(12-10-19)31(34)35/h1-14H,15H2,(H,28,32)/b23-13+. The van der Waals surface area contributed by atoms with Crippen LogP contribution in [0.5, 0.6) is 0 Å². The maximum absolute atomic E-state index is 13.2. The van der Waals surface area contributed by atoms with Crippen molar-refractivity contribution < 1.29 is 18.9 Å². The monoisotopic (exact) mass is 532 g/mol. The van der Waals surface area contributed by atoms with Gasteiger partial charge < -0.3 is 9.88 Å². The van der Waals surface area contributed by atoms with Gasteiger partial charge in [0.1, 0.15) is 12.4 Å². The first kappa shape index (κ1) is 24.3. The number of fused-ring (bicyclic) bond motifs is 1. The lowest BCUT2D eigenvalue weighted by atomic mass is 10.1. The highest BCUT2D eigenvalue weighted by Crippen LogP contribution is 2.37. The number of nitrogens with one attached hydrogen (secondary N) is 1. The molecule has 0 atom stereocenters. The second-order valence-electron chi connectivity index (χ2n) is 8.08. The van der Waals surface area contributed by atoms with Gasteiger partial charge in [0.2, 0.25) is 5.91 Å². The summed E-state index contributed by atoms with van der Waals surface area (Å²) in [5.41, 5.74) is 2.37. The minimum Gasteiger partial charge on any atom is -0.337 e. The molecule has 0 bridgehead atoms. The molecule has 0 spiro atoms. The Bertz CT molecular complexity index is 1600. The van der Waals surface area contributed by atoms with E-state index in [1.165, 1.54) is 53.4 Å². The number of carbonyl (C=O) groups is 2. The van der Waals surface area contributed by atoms with Crippen molar-refractivity contribution in [3.8, 4) is 0 Å². The summed E-state index contributed by atoms with van der Waals surface area (Å²) in [5, 5.41) is 14.5. The van der Waals surface area contributed by atoms with Gasteiger partial charge in [-0.1, -0.05) is 42.2 Å². The summed E-state index contributed by atoms with van der Waals surface area (Å²) in [6.45, 7) is 0.00941. The molecule has 1 saturated heterocycles. The van der Waals surface area contributed by atoms with Crippen molar-refractivity contribution in [1.29, 1.82) is 0 Å². The summed E-state index contributed by atoms with van der Waals surface area (Å²) >= 11 is 6.55. The van der Waals surface area contributed by atoms with E-state index in [0.29, 0.717) is 20.6 Å². The van der Waals surface area contributed by atoms with Gasteiger partial charge in [0.15, 0.2) is 4.32 Å². The van der Waals surface area contributed by atoms with E-state index in [4.69, 9.17) is 12.2 Å². The molecule has 2 heterocycles. The zero-order chi connectivity index (χ0) is 26.1. The first-order valence-electron chi connectivity index (χ1n) is 11.0. The van der Waals surface area contributed by atoms with Crippen LogP contribution in [0.25, 0.3) is 17.0 Å². The number of non-ortho nitro benzene ring substituents is 1. The van der Waals surface area contributed by atoms with Crippen molar-refractivity contribution in [2.24, 2.45) is 0 Å². The van der Waals surface area contributed by atoms with Crippen molar-refractivity contribution >= 4 is 74.2 Å². The molecule has 0 radical (unpaired) electrons. The van der Waals surface area contributed by atoms with Gasteiger partial charge in [0, 0.05) is 40.5 Å². The maximum Gasteiger partial charge on any atom is 0.270 e. The number of rotatable bonds is 6. The number of benzene rings is 3. The minimum atomic E-state index is -0.510. The Labute approximate surface area is 219 Å². The zero-order valence-electron chi connectivity index (χ0n) is 19.0. The molecule has 2 amide bonds. The number of nitro groups is 1. The lowest BCUT2D eigenvalue weighted by Crippen LogP contribution is -2.27. The molecule has 4 aromatic rings. The Morgan fingerprint density at radius 2 is 1.78 bits per heavy atom. The lowest BCUT2D eigenvalue weighted by Gasteiger charge is -2.13. The lowest BCUT2D eigenvalue weighted by molar-refractivity contribution is -0.384. The number of amides is 2. The third kappa shape index (κ3) is 4.99. The molecule has 1 aliphatic heterocycles. The predicted molar refractivity (Wildman–Crippen MR) is 146 cm³/mol. The van der Waals surface area contributed by atoms with Gasteiger partial charge in [-0.15, -0.1) is 0 Å². The second kappa shape index (κ2) is 9.96. The van der Waals surface area contributed by atoms with Gasteiger partial charge in [0.25, 0.3) is 11.6 Å². The van der Waals surface area contributed by atoms with Crippen LogP contribution in [-0.2, 0) is 16.1 Å². The number of thioether (sulfide) groups is 1. The normalized spacial score (nSPS) is 14.5. The molecule has 8 nitrogen and oxygen atoms in total. The van der Waals surface area contributed by atoms with Crippen LogP contribution < -0.4 is 10.2 Å². The molecule has 5 rings (SSSR count). The largest absolute Gasteiger partial charge is 0.337 e. The van der Waals surface area contributed by atoms with Crippen molar-refractivity contribution in [3.05, 3.63) is 105 Å². The predicted octanol–water partition coefficient (Wildman–Crippen LogP) is 5.73. The van der Waals surface area contributed by atoms with Crippen LogP contribution in [0.4, 0.5) is 21.5 Å². The van der Waals surface area contributed by atoms with Crippen LogP contribution in [0.1, 0.15) is 5.56 Å². The van der Waals surface area contributed by atoms with Gasteiger partial charge in [-0.25, -0.2) is 4.39 Å². The summed E-state index contributed by atoms with van der Waals surface area (Å²) in [6.07, 6.45) is 3.51. The van der Waals surface area contributed by atoms with Gasteiger partial charge in [-0.2, -0.15) is 0 Å². The third-order valence-electron chi connectivity index (χ3n) is 5.66. The van der Waals surface area contributed by atoms with Crippen LogP contribution in [0.3, 0.4) is 0 Å². The molecule has 1 aromatic heterocycles. The number of aromatic nitrogens is 1. The van der Waals surface area contributed by atoms with Crippen LogP contribution in [0.2, 0.25) is 0 Å². The summed E-state index contributed by atoms with van der Waals surface area (Å²) in [6, 6.07) is 18.6. The van der Waals surface area contributed by atoms with E-state index in [-0.39, 0.29) is 24.0 Å².